The largest absolute Gasteiger partial charge is 0.478 e. The lowest BCUT2D eigenvalue weighted by molar-refractivity contribution is -0.120. The lowest BCUT2D eigenvalue weighted by Crippen LogP contribution is -2.27. The van der Waals surface area contributed by atoms with Gasteiger partial charge in [-0.15, -0.1) is 0 Å². The minimum atomic E-state index is -1.11. The SMILES string of the molecule is CC1CNCC1C(=O)Nc1ccc(Cl)c(C(=O)O)c1. The van der Waals surface area contributed by atoms with Crippen molar-refractivity contribution in [2.45, 2.75) is 6.92 Å². The van der Waals surface area contributed by atoms with Crippen LogP contribution in [0.1, 0.15) is 17.3 Å². The van der Waals surface area contributed by atoms with Gasteiger partial charge in [-0.2, -0.15) is 0 Å². The number of carbonyl (C=O) groups excluding carboxylic acids is 1. The van der Waals surface area contributed by atoms with Crippen LogP contribution < -0.4 is 10.6 Å². The minimum Gasteiger partial charge on any atom is -0.478 e. The first kappa shape index (κ1) is 13.8. The smallest absolute Gasteiger partial charge is 0.337 e. The Labute approximate surface area is 116 Å². The molecule has 0 aromatic heterocycles. The van der Waals surface area contributed by atoms with Crippen molar-refractivity contribution in [2.75, 3.05) is 18.4 Å². The van der Waals surface area contributed by atoms with E-state index in [1.807, 2.05) is 6.92 Å². The van der Waals surface area contributed by atoms with Crippen LogP contribution in [0.5, 0.6) is 0 Å². The van der Waals surface area contributed by atoms with Crippen LogP contribution in [0.25, 0.3) is 0 Å². The van der Waals surface area contributed by atoms with Gasteiger partial charge in [-0.3, -0.25) is 4.79 Å². The van der Waals surface area contributed by atoms with E-state index in [1.165, 1.54) is 12.1 Å². The third-order valence-electron chi connectivity index (χ3n) is 3.32. The molecule has 1 heterocycles. The highest BCUT2D eigenvalue weighted by atomic mass is 35.5. The van der Waals surface area contributed by atoms with E-state index in [2.05, 4.69) is 10.6 Å². The van der Waals surface area contributed by atoms with E-state index in [0.29, 0.717) is 12.2 Å². The number of benzene rings is 1. The van der Waals surface area contributed by atoms with Crippen LogP contribution in [0.3, 0.4) is 0 Å². The number of carboxylic acid groups (broad SMARTS) is 1. The fraction of sp³-hybridized carbons (Fsp3) is 0.385. The van der Waals surface area contributed by atoms with Crippen LogP contribution >= 0.6 is 11.6 Å². The molecule has 1 fully saturated rings. The second-order valence-corrected chi connectivity index (χ2v) is 5.14. The van der Waals surface area contributed by atoms with Gasteiger partial charge in [-0.05, 0) is 30.7 Å². The molecular weight excluding hydrogens is 268 g/mol. The highest BCUT2D eigenvalue weighted by Gasteiger charge is 2.29. The molecule has 2 atom stereocenters. The molecule has 0 bridgehead atoms. The molecule has 1 aromatic carbocycles. The average Bonchev–Trinajstić information content (AvgIpc) is 2.77. The van der Waals surface area contributed by atoms with E-state index in [-0.39, 0.29) is 28.3 Å². The van der Waals surface area contributed by atoms with Gasteiger partial charge in [0, 0.05) is 12.2 Å². The van der Waals surface area contributed by atoms with E-state index < -0.39 is 5.97 Å². The molecular formula is C13H15ClN2O3. The molecule has 1 aliphatic heterocycles. The summed E-state index contributed by atoms with van der Waals surface area (Å²) in [6, 6.07) is 4.44. The number of anilines is 1. The molecule has 102 valence electrons. The molecule has 0 radical (unpaired) electrons. The highest BCUT2D eigenvalue weighted by Crippen LogP contribution is 2.23. The van der Waals surface area contributed by atoms with Gasteiger partial charge in [0.25, 0.3) is 0 Å². The number of amides is 1. The summed E-state index contributed by atoms with van der Waals surface area (Å²) >= 11 is 5.77. The van der Waals surface area contributed by atoms with Crippen molar-refractivity contribution in [2.24, 2.45) is 11.8 Å². The Balaban J connectivity index is 2.13. The van der Waals surface area contributed by atoms with Crippen molar-refractivity contribution in [1.82, 2.24) is 5.32 Å². The summed E-state index contributed by atoms with van der Waals surface area (Å²) in [5, 5.41) is 15.0. The number of nitrogens with one attached hydrogen (secondary N) is 2. The lowest BCUT2D eigenvalue weighted by Gasteiger charge is -2.14. The van der Waals surface area contributed by atoms with Crippen LogP contribution in [0.4, 0.5) is 5.69 Å². The Hall–Kier alpha value is -1.59. The summed E-state index contributed by atoms with van der Waals surface area (Å²) in [7, 11) is 0. The molecule has 1 aromatic rings. The van der Waals surface area contributed by atoms with Gasteiger partial charge in [-0.1, -0.05) is 18.5 Å². The molecule has 0 saturated carbocycles. The number of halogens is 1. The molecule has 2 rings (SSSR count). The molecule has 3 N–H and O–H groups in total. The van der Waals surface area contributed by atoms with E-state index in [9.17, 15) is 9.59 Å². The monoisotopic (exact) mass is 282 g/mol. The Kier molecular flexibility index (Phi) is 4.07. The Morgan fingerprint density at radius 2 is 2.16 bits per heavy atom. The summed E-state index contributed by atoms with van der Waals surface area (Å²) in [6.07, 6.45) is 0. The molecule has 19 heavy (non-hydrogen) atoms. The number of carbonyl (C=O) groups is 2. The number of hydrogen-bond donors (Lipinski definition) is 3. The zero-order valence-corrected chi connectivity index (χ0v) is 11.2. The standard InChI is InChI=1S/C13H15ClN2O3/c1-7-5-15-6-10(7)12(17)16-8-2-3-11(14)9(4-8)13(18)19/h2-4,7,10,15H,5-6H2,1H3,(H,16,17)(H,18,19). The van der Waals surface area contributed by atoms with E-state index in [0.717, 1.165) is 6.54 Å². The molecule has 0 aliphatic carbocycles. The quantitative estimate of drug-likeness (QED) is 0.790. The normalized spacial score (nSPS) is 22.2. The van der Waals surface area contributed by atoms with E-state index >= 15 is 0 Å². The maximum atomic E-state index is 12.1. The third-order valence-corrected chi connectivity index (χ3v) is 3.65. The van der Waals surface area contributed by atoms with Gasteiger partial charge < -0.3 is 15.7 Å². The first-order valence-electron chi connectivity index (χ1n) is 6.03. The Morgan fingerprint density at radius 3 is 2.74 bits per heavy atom. The fourth-order valence-corrected chi connectivity index (χ4v) is 2.36. The fourth-order valence-electron chi connectivity index (χ4n) is 2.16. The number of rotatable bonds is 3. The van der Waals surface area contributed by atoms with Gasteiger partial charge in [-0.25, -0.2) is 4.79 Å². The molecule has 5 nitrogen and oxygen atoms in total. The number of hydrogen-bond acceptors (Lipinski definition) is 3. The maximum absolute atomic E-state index is 12.1. The zero-order valence-electron chi connectivity index (χ0n) is 10.4. The second kappa shape index (κ2) is 5.59. The molecule has 1 aliphatic rings. The number of carboxylic acids is 1. The zero-order chi connectivity index (χ0) is 14.0. The predicted octanol–water partition coefficient (Wildman–Crippen LogP) is 1.83. The van der Waals surface area contributed by atoms with Crippen molar-refractivity contribution in [1.29, 1.82) is 0 Å². The maximum Gasteiger partial charge on any atom is 0.337 e. The Morgan fingerprint density at radius 1 is 1.42 bits per heavy atom. The molecule has 1 saturated heterocycles. The first-order chi connectivity index (χ1) is 8.99. The second-order valence-electron chi connectivity index (χ2n) is 4.73. The van der Waals surface area contributed by atoms with Crippen LogP contribution in [-0.4, -0.2) is 30.1 Å². The van der Waals surface area contributed by atoms with Crippen LogP contribution in [0, 0.1) is 11.8 Å². The van der Waals surface area contributed by atoms with E-state index in [1.54, 1.807) is 6.07 Å². The molecule has 6 heteroatoms. The summed E-state index contributed by atoms with van der Waals surface area (Å²) in [5.41, 5.74) is 0.433. The molecule has 2 unspecified atom stereocenters. The van der Waals surface area contributed by atoms with Gasteiger partial charge in [0.1, 0.15) is 0 Å². The summed E-state index contributed by atoms with van der Waals surface area (Å²) in [6.45, 7) is 3.47. The predicted molar refractivity (Wildman–Crippen MR) is 72.6 cm³/mol. The van der Waals surface area contributed by atoms with Crippen molar-refractivity contribution in [3.8, 4) is 0 Å². The highest BCUT2D eigenvalue weighted by molar-refractivity contribution is 6.33. The van der Waals surface area contributed by atoms with Crippen molar-refractivity contribution in [3.63, 3.8) is 0 Å². The molecule has 0 spiro atoms. The van der Waals surface area contributed by atoms with Crippen molar-refractivity contribution >= 4 is 29.2 Å². The van der Waals surface area contributed by atoms with Gasteiger partial charge in [0.2, 0.25) is 5.91 Å². The van der Waals surface area contributed by atoms with Crippen LogP contribution in [-0.2, 0) is 4.79 Å². The van der Waals surface area contributed by atoms with Crippen LogP contribution in [0.2, 0.25) is 5.02 Å². The van der Waals surface area contributed by atoms with Gasteiger partial charge in [0.05, 0.1) is 16.5 Å². The minimum absolute atomic E-state index is 0.0166. The summed E-state index contributed by atoms with van der Waals surface area (Å²) < 4.78 is 0. The molecule has 1 amide bonds. The number of aromatic carboxylic acids is 1. The van der Waals surface area contributed by atoms with E-state index in [4.69, 9.17) is 16.7 Å². The van der Waals surface area contributed by atoms with Gasteiger partial charge >= 0.3 is 5.97 Å². The summed E-state index contributed by atoms with van der Waals surface area (Å²) in [4.78, 5) is 23.0. The Bertz CT molecular complexity index is 519. The lowest BCUT2D eigenvalue weighted by atomic mass is 9.97. The third kappa shape index (κ3) is 3.05. The van der Waals surface area contributed by atoms with Gasteiger partial charge in [0.15, 0.2) is 0 Å². The summed E-state index contributed by atoms with van der Waals surface area (Å²) in [5.74, 6) is -1.04. The van der Waals surface area contributed by atoms with Crippen molar-refractivity contribution < 1.29 is 14.7 Å². The average molecular weight is 283 g/mol. The van der Waals surface area contributed by atoms with Crippen LogP contribution in [0.15, 0.2) is 18.2 Å². The topological polar surface area (TPSA) is 78.4 Å². The first-order valence-corrected chi connectivity index (χ1v) is 6.41. The van der Waals surface area contributed by atoms with Crippen molar-refractivity contribution in [3.05, 3.63) is 28.8 Å².